The van der Waals surface area contributed by atoms with E-state index < -0.39 is 10.8 Å². The number of hydrogen-bond acceptors (Lipinski definition) is 4. The molecule has 1 atom stereocenters. The highest BCUT2D eigenvalue weighted by Crippen LogP contribution is 2.20. The molecule has 2 N–H and O–H groups in total. The number of anilines is 1. The van der Waals surface area contributed by atoms with Crippen LogP contribution in [0.3, 0.4) is 0 Å². The molecule has 4 nitrogen and oxygen atoms in total. The summed E-state index contributed by atoms with van der Waals surface area (Å²) in [6.07, 6.45) is 0. The highest BCUT2D eigenvalue weighted by Gasteiger charge is 2.14. The van der Waals surface area contributed by atoms with Crippen LogP contribution in [0, 0.1) is 6.92 Å². The van der Waals surface area contributed by atoms with Gasteiger partial charge in [-0.05, 0) is 18.6 Å². The first-order valence-corrected chi connectivity index (χ1v) is 7.54. The summed E-state index contributed by atoms with van der Waals surface area (Å²) in [5.74, 6) is 0.633. The summed E-state index contributed by atoms with van der Waals surface area (Å²) in [6, 6.07) is 5.71. The lowest BCUT2D eigenvalue weighted by Crippen LogP contribution is -2.38. The van der Waals surface area contributed by atoms with E-state index in [0.29, 0.717) is 11.4 Å². The molecule has 0 spiro atoms. The molecule has 1 heterocycles. The van der Waals surface area contributed by atoms with Crippen molar-refractivity contribution in [3.8, 4) is 0 Å². The molecule has 0 amide bonds. The third kappa shape index (κ3) is 3.31. The molecule has 100 valence electrons. The molecule has 5 heteroatoms. The van der Waals surface area contributed by atoms with Gasteiger partial charge in [-0.15, -0.1) is 0 Å². The van der Waals surface area contributed by atoms with Crippen LogP contribution in [0.2, 0.25) is 0 Å². The van der Waals surface area contributed by atoms with Gasteiger partial charge in [-0.25, -0.2) is 0 Å². The summed E-state index contributed by atoms with van der Waals surface area (Å²) in [6.45, 7) is 6.20. The standard InChI is InChI=1S/C13H20N2O2S/c1-11-3-2-4-12(13(11)14)18(16)10-7-15-5-8-17-9-6-15/h2-4H,5-10,14H2,1H3. The minimum Gasteiger partial charge on any atom is -0.398 e. The van der Waals surface area contributed by atoms with Crippen LogP contribution in [-0.2, 0) is 15.5 Å². The second kappa shape index (κ2) is 6.31. The lowest BCUT2D eigenvalue weighted by Gasteiger charge is -2.26. The van der Waals surface area contributed by atoms with Crippen molar-refractivity contribution in [1.82, 2.24) is 4.90 Å². The molecular formula is C13H20N2O2S. The van der Waals surface area contributed by atoms with Crippen LogP contribution in [0.5, 0.6) is 0 Å². The van der Waals surface area contributed by atoms with Crippen LogP contribution in [0.15, 0.2) is 23.1 Å². The fourth-order valence-electron chi connectivity index (χ4n) is 2.00. The number of ether oxygens (including phenoxy) is 1. The second-order valence-corrected chi connectivity index (χ2v) is 6.03. The summed E-state index contributed by atoms with van der Waals surface area (Å²) in [5, 5.41) is 0. The van der Waals surface area contributed by atoms with Gasteiger partial charge in [0.2, 0.25) is 0 Å². The normalized spacial score (nSPS) is 18.7. The van der Waals surface area contributed by atoms with Crippen molar-refractivity contribution in [3.63, 3.8) is 0 Å². The van der Waals surface area contributed by atoms with Gasteiger partial charge in [0.25, 0.3) is 0 Å². The molecule has 2 rings (SSSR count). The van der Waals surface area contributed by atoms with Crippen LogP contribution in [-0.4, -0.2) is 47.7 Å². The molecule has 1 aromatic rings. The van der Waals surface area contributed by atoms with Crippen LogP contribution in [0.25, 0.3) is 0 Å². The van der Waals surface area contributed by atoms with Crippen molar-refractivity contribution in [2.75, 3.05) is 44.3 Å². The van der Waals surface area contributed by atoms with Gasteiger partial charge in [0.15, 0.2) is 0 Å². The van der Waals surface area contributed by atoms with Crippen LogP contribution >= 0.6 is 0 Å². The minimum absolute atomic E-state index is 0.633. The Balaban J connectivity index is 1.93. The molecule has 0 aromatic heterocycles. The van der Waals surface area contributed by atoms with Gasteiger partial charge in [-0.3, -0.25) is 9.11 Å². The zero-order valence-electron chi connectivity index (χ0n) is 10.7. The first-order valence-electron chi connectivity index (χ1n) is 6.22. The van der Waals surface area contributed by atoms with E-state index in [2.05, 4.69) is 4.90 Å². The topological polar surface area (TPSA) is 55.6 Å². The molecule has 0 saturated carbocycles. The minimum atomic E-state index is -1.01. The van der Waals surface area contributed by atoms with E-state index in [4.69, 9.17) is 10.5 Å². The third-order valence-corrected chi connectivity index (χ3v) is 4.63. The van der Waals surface area contributed by atoms with Gasteiger partial charge in [0.05, 0.1) is 34.6 Å². The predicted molar refractivity (Wildman–Crippen MR) is 74.1 cm³/mol. The predicted octanol–water partition coefficient (Wildman–Crippen LogP) is 1.02. The molecule has 1 saturated heterocycles. The Kier molecular flexibility index (Phi) is 4.74. The van der Waals surface area contributed by atoms with Crippen molar-refractivity contribution in [3.05, 3.63) is 23.8 Å². The molecule has 1 aliphatic rings. The smallest absolute Gasteiger partial charge is 0.0620 e. The Morgan fingerprint density at radius 3 is 2.83 bits per heavy atom. The van der Waals surface area contributed by atoms with Crippen molar-refractivity contribution in [1.29, 1.82) is 0 Å². The first kappa shape index (κ1) is 13.5. The van der Waals surface area contributed by atoms with Gasteiger partial charge in [-0.1, -0.05) is 12.1 Å². The molecule has 18 heavy (non-hydrogen) atoms. The van der Waals surface area contributed by atoms with E-state index in [1.165, 1.54) is 0 Å². The number of para-hydroxylation sites is 1. The van der Waals surface area contributed by atoms with E-state index in [1.807, 2.05) is 25.1 Å². The van der Waals surface area contributed by atoms with E-state index in [1.54, 1.807) is 0 Å². The monoisotopic (exact) mass is 268 g/mol. The highest BCUT2D eigenvalue weighted by atomic mass is 32.2. The third-order valence-electron chi connectivity index (χ3n) is 3.23. The van der Waals surface area contributed by atoms with Crippen LogP contribution < -0.4 is 5.73 Å². The zero-order valence-corrected chi connectivity index (χ0v) is 11.5. The fraction of sp³-hybridized carbons (Fsp3) is 0.538. The largest absolute Gasteiger partial charge is 0.398 e. The highest BCUT2D eigenvalue weighted by molar-refractivity contribution is 7.85. The van der Waals surface area contributed by atoms with Gasteiger partial charge >= 0.3 is 0 Å². The van der Waals surface area contributed by atoms with E-state index in [9.17, 15) is 4.21 Å². The first-order chi connectivity index (χ1) is 8.68. The summed E-state index contributed by atoms with van der Waals surface area (Å²) in [7, 11) is -1.01. The number of nitrogens with zero attached hydrogens (tertiary/aromatic N) is 1. The van der Waals surface area contributed by atoms with Gasteiger partial charge < -0.3 is 10.5 Å². The maximum absolute atomic E-state index is 12.2. The van der Waals surface area contributed by atoms with E-state index in [0.717, 1.165) is 43.3 Å². The Bertz CT molecular complexity index is 431. The van der Waals surface area contributed by atoms with Crippen LogP contribution in [0.4, 0.5) is 5.69 Å². The number of nitrogen functional groups attached to an aromatic ring is 1. The average Bonchev–Trinajstić information content (AvgIpc) is 2.40. The maximum atomic E-state index is 12.2. The van der Waals surface area contributed by atoms with Gasteiger partial charge in [0.1, 0.15) is 0 Å². The lowest BCUT2D eigenvalue weighted by atomic mass is 10.2. The Morgan fingerprint density at radius 2 is 2.11 bits per heavy atom. The number of morpholine rings is 1. The Hall–Kier alpha value is -0.910. The van der Waals surface area contributed by atoms with Gasteiger partial charge in [0, 0.05) is 25.4 Å². The number of aryl methyl sites for hydroxylation is 1. The fourth-order valence-corrected chi connectivity index (χ4v) is 3.28. The molecule has 1 aromatic carbocycles. The lowest BCUT2D eigenvalue weighted by molar-refractivity contribution is 0.0409. The average molecular weight is 268 g/mol. The number of rotatable bonds is 4. The summed E-state index contributed by atoms with van der Waals surface area (Å²) >= 11 is 0. The molecule has 0 bridgehead atoms. The summed E-state index contributed by atoms with van der Waals surface area (Å²) in [5.41, 5.74) is 7.62. The van der Waals surface area contributed by atoms with Crippen molar-refractivity contribution >= 4 is 16.5 Å². The molecule has 0 radical (unpaired) electrons. The molecule has 0 aliphatic carbocycles. The second-order valence-electron chi connectivity index (χ2n) is 4.49. The quantitative estimate of drug-likeness (QED) is 0.828. The molecule has 1 unspecified atom stereocenters. The molecular weight excluding hydrogens is 248 g/mol. The summed E-state index contributed by atoms with van der Waals surface area (Å²) in [4.78, 5) is 3.05. The van der Waals surface area contributed by atoms with Gasteiger partial charge in [-0.2, -0.15) is 0 Å². The van der Waals surface area contributed by atoms with E-state index in [-0.39, 0.29) is 0 Å². The number of hydrogen-bond donors (Lipinski definition) is 1. The maximum Gasteiger partial charge on any atom is 0.0620 e. The number of benzene rings is 1. The number of nitrogens with two attached hydrogens (primary N) is 1. The SMILES string of the molecule is Cc1cccc(S(=O)CCN2CCOCC2)c1N. The zero-order chi connectivity index (χ0) is 13.0. The Morgan fingerprint density at radius 1 is 1.39 bits per heavy atom. The molecule has 1 fully saturated rings. The Labute approximate surface area is 111 Å². The molecule has 1 aliphatic heterocycles. The van der Waals surface area contributed by atoms with Crippen LogP contribution in [0.1, 0.15) is 5.56 Å². The summed E-state index contributed by atoms with van der Waals surface area (Å²) < 4.78 is 17.5. The van der Waals surface area contributed by atoms with Crippen molar-refractivity contribution in [2.45, 2.75) is 11.8 Å². The van der Waals surface area contributed by atoms with E-state index >= 15 is 0 Å². The van der Waals surface area contributed by atoms with Crippen molar-refractivity contribution < 1.29 is 8.95 Å². The van der Waals surface area contributed by atoms with Crippen molar-refractivity contribution in [2.24, 2.45) is 0 Å².